The molecule has 2 unspecified atom stereocenters. The van der Waals surface area contributed by atoms with Gasteiger partial charge in [0.1, 0.15) is 11.6 Å². The molecule has 0 amide bonds. The lowest BCUT2D eigenvalue weighted by Gasteiger charge is -2.30. The van der Waals surface area contributed by atoms with Crippen molar-refractivity contribution >= 4 is 11.7 Å². The maximum Gasteiger partial charge on any atom is 0.340 e. The van der Waals surface area contributed by atoms with Crippen LogP contribution in [0.3, 0.4) is 0 Å². The first kappa shape index (κ1) is 14.8. The van der Waals surface area contributed by atoms with Gasteiger partial charge in [-0.15, -0.1) is 0 Å². The molecule has 0 radical (unpaired) electrons. The third kappa shape index (κ3) is 3.08. The fourth-order valence-corrected chi connectivity index (χ4v) is 2.66. The van der Waals surface area contributed by atoms with Gasteiger partial charge in [0.15, 0.2) is 0 Å². The van der Waals surface area contributed by atoms with Gasteiger partial charge >= 0.3 is 5.97 Å². The summed E-state index contributed by atoms with van der Waals surface area (Å²) in [7, 11) is 1.17. The van der Waals surface area contributed by atoms with Crippen molar-refractivity contribution in [2.75, 3.05) is 12.4 Å². The second kappa shape index (κ2) is 6.20. The summed E-state index contributed by atoms with van der Waals surface area (Å²) in [6, 6.07) is 2.06. The van der Waals surface area contributed by atoms with Crippen molar-refractivity contribution in [3.63, 3.8) is 0 Å². The number of rotatable bonds is 3. The molecule has 2 rings (SSSR count). The van der Waals surface area contributed by atoms with Crippen molar-refractivity contribution in [3.05, 3.63) is 29.3 Å². The van der Waals surface area contributed by atoms with Crippen molar-refractivity contribution in [2.45, 2.75) is 38.6 Å². The molecule has 1 aromatic carbocycles. The topological polar surface area (TPSA) is 38.3 Å². The van der Waals surface area contributed by atoms with Crippen molar-refractivity contribution in [3.8, 4) is 0 Å². The molecule has 1 fully saturated rings. The van der Waals surface area contributed by atoms with Crippen LogP contribution in [0.15, 0.2) is 12.1 Å². The van der Waals surface area contributed by atoms with Crippen LogP contribution in [0, 0.1) is 17.6 Å². The van der Waals surface area contributed by atoms with Gasteiger partial charge in [-0.1, -0.05) is 19.8 Å². The summed E-state index contributed by atoms with van der Waals surface area (Å²) in [6.45, 7) is 2.11. The molecule has 0 heterocycles. The highest BCUT2D eigenvalue weighted by atomic mass is 19.1. The van der Waals surface area contributed by atoms with Crippen LogP contribution in [-0.4, -0.2) is 19.1 Å². The average Bonchev–Trinajstić information content (AvgIpc) is 2.43. The predicted molar refractivity (Wildman–Crippen MR) is 72.7 cm³/mol. The second-order valence-electron chi connectivity index (χ2n) is 5.32. The molecule has 1 saturated carbocycles. The maximum absolute atomic E-state index is 13.8. The Bertz CT molecular complexity index is 505. The molecule has 1 N–H and O–H groups in total. The van der Waals surface area contributed by atoms with Crippen LogP contribution in [0.4, 0.5) is 14.5 Å². The zero-order chi connectivity index (χ0) is 14.7. The Morgan fingerprint density at radius 2 is 1.95 bits per heavy atom. The van der Waals surface area contributed by atoms with E-state index in [4.69, 9.17) is 0 Å². The van der Waals surface area contributed by atoms with E-state index < -0.39 is 17.6 Å². The molecule has 0 bridgehead atoms. The predicted octanol–water partition coefficient (Wildman–Crippen LogP) is 3.74. The number of benzene rings is 1. The third-order valence-corrected chi connectivity index (χ3v) is 3.91. The van der Waals surface area contributed by atoms with E-state index in [1.54, 1.807) is 0 Å². The van der Waals surface area contributed by atoms with Crippen LogP contribution in [0.2, 0.25) is 0 Å². The molecular formula is C15H19F2NO2. The number of ether oxygens (including phenoxy) is 1. The lowest BCUT2D eigenvalue weighted by molar-refractivity contribution is 0.0595. The fraction of sp³-hybridized carbons (Fsp3) is 0.533. The van der Waals surface area contributed by atoms with E-state index in [2.05, 4.69) is 17.0 Å². The zero-order valence-corrected chi connectivity index (χ0v) is 11.7. The van der Waals surface area contributed by atoms with E-state index in [1.807, 2.05) is 0 Å². The van der Waals surface area contributed by atoms with Crippen LogP contribution >= 0.6 is 0 Å². The largest absolute Gasteiger partial charge is 0.465 e. The zero-order valence-electron chi connectivity index (χ0n) is 11.7. The summed E-state index contributed by atoms with van der Waals surface area (Å²) < 4.78 is 31.9. The van der Waals surface area contributed by atoms with Gasteiger partial charge in [-0.05, 0) is 24.8 Å². The molecule has 0 aromatic heterocycles. The number of carbonyl (C=O) groups excluding carboxylic acids is 1. The summed E-state index contributed by atoms with van der Waals surface area (Å²) in [4.78, 5) is 11.4. The first-order chi connectivity index (χ1) is 9.52. The quantitative estimate of drug-likeness (QED) is 0.859. The normalized spacial score (nSPS) is 22.4. The van der Waals surface area contributed by atoms with Gasteiger partial charge in [-0.2, -0.15) is 0 Å². The van der Waals surface area contributed by atoms with Gasteiger partial charge < -0.3 is 10.1 Å². The summed E-state index contributed by atoms with van der Waals surface area (Å²) in [5, 5.41) is 3.10. The number of hydrogen-bond donors (Lipinski definition) is 1. The minimum absolute atomic E-state index is 0.147. The van der Waals surface area contributed by atoms with Gasteiger partial charge in [0, 0.05) is 12.1 Å². The average molecular weight is 283 g/mol. The molecule has 20 heavy (non-hydrogen) atoms. The highest BCUT2D eigenvalue weighted by molar-refractivity contribution is 5.90. The first-order valence-electron chi connectivity index (χ1n) is 6.87. The van der Waals surface area contributed by atoms with E-state index in [0.29, 0.717) is 5.92 Å². The van der Waals surface area contributed by atoms with E-state index in [1.165, 1.54) is 19.6 Å². The van der Waals surface area contributed by atoms with E-state index >= 15 is 0 Å². The molecule has 1 aliphatic carbocycles. The molecule has 1 aliphatic rings. The van der Waals surface area contributed by atoms with Crippen molar-refractivity contribution in [2.24, 2.45) is 5.92 Å². The van der Waals surface area contributed by atoms with Gasteiger partial charge in [0.05, 0.1) is 18.4 Å². The molecule has 3 nitrogen and oxygen atoms in total. The van der Waals surface area contributed by atoms with E-state index in [-0.39, 0.29) is 17.3 Å². The number of carbonyl (C=O) groups is 1. The van der Waals surface area contributed by atoms with Crippen LogP contribution in [0.25, 0.3) is 0 Å². The van der Waals surface area contributed by atoms with Crippen molar-refractivity contribution < 1.29 is 18.3 Å². The third-order valence-electron chi connectivity index (χ3n) is 3.91. The van der Waals surface area contributed by atoms with Gasteiger partial charge in [0.25, 0.3) is 0 Å². The number of anilines is 1. The van der Waals surface area contributed by atoms with Crippen LogP contribution < -0.4 is 5.32 Å². The minimum atomic E-state index is -0.906. The molecule has 2 atom stereocenters. The lowest BCUT2D eigenvalue weighted by atomic mass is 9.86. The number of nitrogens with one attached hydrogen (secondary N) is 1. The Balaban J connectivity index is 2.24. The Kier molecular flexibility index (Phi) is 4.57. The maximum atomic E-state index is 13.8. The van der Waals surface area contributed by atoms with E-state index in [0.717, 1.165) is 25.3 Å². The first-order valence-corrected chi connectivity index (χ1v) is 6.87. The number of halogens is 2. The Morgan fingerprint density at radius 1 is 1.25 bits per heavy atom. The molecule has 0 saturated heterocycles. The lowest BCUT2D eigenvalue weighted by Crippen LogP contribution is -2.30. The standard InChI is InChI=1S/C15H19F2NO2/c1-9-5-3-4-6-13(9)18-14-7-10(15(19)20-2)11(16)8-12(14)17/h7-9,13,18H,3-6H2,1-2H3. The van der Waals surface area contributed by atoms with Crippen LogP contribution in [-0.2, 0) is 4.74 Å². The second-order valence-corrected chi connectivity index (χ2v) is 5.32. The van der Waals surface area contributed by atoms with Gasteiger partial charge in [0.2, 0.25) is 0 Å². The minimum Gasteiger partial charge on any atom is -0.465 e. The van der Waals surface area contributed by atoms with Crippen molar-refractivity contribution in [1.29, 1.82) is 0 Å². The van der Waals surface area contributed by atoms with Gasteiger partial charge in [-0.3, -0.25) is 0 Å². The van der Waals surface area contributed by atoms with Gasteiger partial charge in [-0.25, -0.2) is 13.6 Å². The fourth-order valence-electron chi connectivity index (χ4n) is 2.66. The number of esters is 1. The highest BCUT2D eigenvalue weighted by Crippen LogP contribution is 2.29. The molecular weight excluding hydrogens is 264 g/mol. The monoisotopic (exact) mass is 283 g/mol. The smallest absolute Gasteiger partial charge is 0.340 e. The van der Waals surface area contributed by atoms with Crippen LogP contribution in [0.5, 0.6) is 0 Å². The molecule has 110 valence electrons. The Morgan fingerprint density at radius 3 is 2.60 bits per heavy atom. The molecule has 5 heteroatoms. The van der Waals surface area contributed by atoms with Crippen molar-refractivity contribution in [1.82, 2.24) is 0 Å². The molecule has 0 aliphatic heterocycles. The summed E-state index contributed by atoms with van der Waals surface area (Å²) in [5.74, 6) is -1.97. The van der Waals surface area contributed by atoms with E-state index in [9.17, 15) is 13.6 Å². The summed E-state index contributed by atoms with van der Waals surface area (Å²) in [5.41, 5.74) is -0.0922. The number of methoxy groups -OCH3 is 1. The van der Waals surface area contributed by atoms with Crippen LogP contribution in [0.1, 0.15) is 43.0 Å². The Labute approximate surface area is 117 Å². The highest BCUT2D eigenvalue weighted by Gasteiger charge is 2.23. The Hall–Kier alpha value is -1.65. The molecule has 1 aromatic rings. The summed E-state index contributed by atoms with van der Waals surface area (Å²) in [6.07, 6.45) is 4.31. The number of hydrogen-bond acceptors (Lipinski definition) is 3. The SMILES string of the molecule is COC(=O)c1cc(NC2CCCCC2C)c(F)cc1F. The molecule has 0 spiro atoms. The summed E-state index contributed by atoms with van der Waals surface area (Å²) >= 11 is 0.